The normalized spacial score (nSPS) is 11.5. The van der Waals surface area contributed by atoms with E-state index in [0.29, 0.717) is 41.0 Å². The fourth-order valence-electron chi connectivity index (χ4n) is 5.69. The van der Waals surface area contributed by atoms with Crippen LogP contribution in [0.2, 0.25) is 0 Å². The van der Waals surface area contributed by atoms with Crippen molar-refractivity contribution in [2.45, 2.75) is 78.1 Å². The first kappa shape index (κ1) is 41.5. The van der Waals surface area contributed by atoms with Gasteiger partial charge in [-0.1, -0.05) is 12.6 Å². The third kappa shape index (κ3) is 13.0. The lowest BCUT2D eigenvalue weighted by Gasteiger charge is -2.34. The van der Waals surface area contributed by atoms with Gasteiger partial charge in [-0.2, -0.15) is 0 Å². The molecule has 0 spiro atoms. The Labute approximate surface area is 321 Å². The Kier molecular flexibility index (Phi) is 13.4. The molecule has 0 unspecified atom stereocenters. The predicted octanol–water partition coefficient (Wildman–Crippen LogP) is 8.75. The minimum atomic E-state index is -0.789. The lowest BCUT2D eigenvalue weighted by molar-refractivity contribution is -0.154. The maximum absolute atomic E-state index is 12.8. The zero-order valence-corrected chi connectivity index (χ0v) is 32.2. The quantitative estimate of drug-likeness (QED) is 0.0510. The van der Waals surface area contributed by atoms with E-state index in [-0.39, 0.29) is 29.3 Å². The summed E-state index contributed by atoms with van der Waals surface area (Å²) in [5.41, 5.74) is 0.220. The summed E-state index contributed by atoms with van der Waals surface area (Å²) in [6, 6.07) is 24.1. The van der Waals surface area contributed by atoms with Crippen molar-refractivity contribution in [2.24, 2.45) is 0 Å². The van der Waals surface area contributed by atoms with Crippen LogP contribution >= 0.6 is 0 Å². The van der Waals surface area contributed by atoms with E-state index in [9.17, 15) is 19.2 Å². The van der Waals surface area contributed by atoms with Gasteiger partial charge in [0.1, 0.15) is 39.8 Å². The van der Waals surface area contributed by atoms with Crippen molar-refractivity contribution in [3.05, 3.63) is 131 Å². The molecule has 4 aromatic carbocycles. The summed E-state index contributed by atoms with van der Waals surface area (Å²) in [4.78, 5) is 49.9. The van der Waals surface area contributed by atoms with E-state index in [4.69, 9.17) is 33.8 Å². The van der Waals surface area contributed by atoms with E-state index in [2.05, 4.69) is 6.58 Å². The highest BCUT2D eigenvalue weighted by atomic mass is 16.6. The number of nitrogens with one attached hydrogen (secondary N) is 1. The van der Waals surface area contributed by atoms with Crippen LogP contribution in [0.25, 0.3) is 0 Å². The summed E-state index contributed by atoms with van der Waals surface area (Å²) in [5, 5.41) is 7.82. The van der Waals surface area contributed by atoms with Crippen molar-refractivity contribution < 1.29 is 47.6 Å². The molecular formula is C44H47NO10. The molecule has 0 radical (unpaired) electrons. The van der Waals surface area contributed by atoms with Crippen LogP contribution in [0.3, 0.4) is 0 Å². The van der Waals surface area contributed by atoms with Crippen molar-refractivity contribution in [3.8, 4) is 23.0 Å². The van der Waals surface area contributed by atoms with Gasteiger partial charge in [0.05, 0.1) is 23.3 Å². The molecule has 11 heteroatoms. The van der Waals surface area contributed by atoms with Gasteiger partial charge in [0, 0.05) is 30.7 Å². The average molecular weight is 750 g/mol. The summed E-state index contributed by atoms with van der Waals surface area (Å²) in [7, 11) is 0. The van der Waals surface area contributed by atoms with Crippen LogP contribution in [0.4, 0.5) is 0 Å². The minimum Gasteiger partial charge on any atom is -0.488 e. The maximum Gasteiger partial charge on any atom is 0.343 e. The Morgan fingerprint density at radius 2 is 1.15 bits per heavy atom. The Balaban J connectivity index is 1.25. The van der Waals surface area contributed by atoms with Gasteiger partial charge in [-0.05, 0) is 139 Å². The number of carbonyl (C=O) groups excluding carboxylic acids is 4. The summed E-state index contributed by atoms with van der Waals surface area (Å²) in [6.45, 7) is 16.6. The highest BCUT2D eigenvalue weighted by Gasteiger charge is 2.33. The molecule has 0 aliphatic carbocycles. The van der Waals surface area contributed by atoms with Crippen LogP contribution < -0.4 is 18.9 Å². The van der Waals surface area contributed by atoms with Crippen molar-refractivity contribution >= 4 is 30.1 Å². The van der Waals surface area contributed by atoms with Crippen LogP contribution in [-0.4, -0.2) is 53.5 Å². The standard InChI is InChI=1S/C44H47NO10/c1-9-38(46)55-44(7,8)28-43(5,6)54-36-21-15-31(16-22-36)40(48)51-34-17-11-30(12-18-34)39(47)50-25-24-29-10-23-37(33(26-29)27-45)52-41(49)32-13-19-35(20-14-32)53-42(2,3)4/h9-23,26-27,45H,1,24-25,28H2,2-8H3. The van der Waals surface area contributed by atoms with Gasteiger partial charge < -0.3 is 33.8 Å². The fraction of sp³-hybridized carbons (Fsp3) is 0.295. The number of rotatable bonds is 16. The summed E-state index contributed by atoms with van der Waals surface area (Å²) in [5.74, 6) is -0.610. The van der Waals surface area contributed by atoms with Crippen LogP contribution in [0.15, 0.2) is 104 Å². The Morgan fingerprint density at radius 3 is 1.67 bits per heavy atom. The fourth-order valence-corrected chi connectivity index (χ4v) is 5.69. The SMILES string of the molecule is C=CC(=O)OC(C)(C)CC(C)(C)Oc1ccc(C(=O)Oc2ccc(C(=O)OCCc3ccc(OC(=O)c4ccc(OC(C)(C)C)cc4)c(C=N)c3)cc2)cc1. The molecule has 11 nitrogen and oxygen atoms in total. The van der Waals surface area contributed by atoms with Crippen LogP contribution in [0.5, 0.6) is 23.0 Å². The second-order valence-electron chi connectivity index (χ2n) is 14.9. The molecule has 0 aromatic heterocycles. The number of hydrogen-bond acceptors (Lipinski definition) is 11. The van der Waals surface area contributed by atoms with Crippen molar-refractivity contribution in [1.82, 2.24) is 0 Å². The molecule has 0 amide bonds. The molecule has 0 saturated carbocycles. The molecule has 4 aromatic rings. The molecule has 55 heavy (non-hydrogen) atoms. The van der Waals surface area contributed by atoms with Gasteiger partial charge in [-0.3, -0.25) is 0 Å². The van der Waals surface area contributed by atoms with Gasteiger partial charge in [0.2, 0.25) is 0 Å². The van der Waals surface area contributed by atoms with Gasteiger partial charge >= 0.3 is 23.9 Å². The molecule has 0 aliphatic rings. The zero-order chi connectivity index (χ0) is 40.4. The van der Waals surface area contributed by atoms with Crippen LogP contribution in [0.1, 0.15) is 97.1 Å². The lowest BCUT2D eigenvalue weighted by atomic mass is 9.92. The van der Waals surface area contributed by atoms with E-state index in [1.165, 1.54) is 24.3 Å². The molecule has 0 fully saturated rings. The number of ether oxygens (including phenoxy) is 6. The molecule has 0 aliphatic heterocycles. The first-order valence-electron chi connectivity index (χ1n) is 17.6. The van der Waals surface area contributed by atoms with Crippen molar-refractivity contribution in [2.75, 3.05) is 6.61 Å². The Morgan fingerprint density at radius 1 is 0.636 bits per heavy atom. The summed E-state index contributed by atoms with van der Waals surface area (Å²) >= 11 is 0. The number of hydrogen-bond donors (Lipinski definition) is 1. The monoisotopic (exact) mass is 749 g/mol. The predicted molar refractivity (Wildman–Crippen MR) is 208 cm³/mol. The second-order valence-corrected chi connectivity index (χ2v) is 14.9. The molecule has 288 valence electrons. The van der Waals surface area contributed by atoms with Gasteiger partial charge in [0.25, 0.3) is 0 Å². The highest BCUT2D eigenvalue weighted by Crippen LogP contribution is 2.29. The maximum atomic E-state index is 12.8. The topological polar surface area (TPSA) is 148 Å². The number of esters is 4. The smallest absolute Gasteiger partial charge is 0.343 e. The van der Waals surface area contributed by atoms with Gasteiger partial charge in [-0.25, -0.2) is 19.2 Å². The minimum absolute atomic E-state index is 0.0621. The van der Waals surface area contributed by atoms with Gasteiger partial charge in [0.15, 0.2) is 0 Å². The molecule has 4 rings (SSSR count). The molecule has 0 saturated heterocycles. The summed E-state index contributed by atoms with van der Waals surface area (Å²) in [6.07, 6.45) is 2.97. The average Bonchev–Trinajstić information content (AvgIpc) is 3.11. The molecule has 0 heterocycles. The molecule has 1 N–H and O–H groups in total. The van der Waals surface area contributed by atoms with Crippen LogP contribution in [0, 0.1) is 5.41 Å². The first-order chi connectivity index (χ1) is 25.8. The molecular weight excluding hydrogens is 702 g/mol. The Bertz CT molecular complexity index is 2010. The van der Waals surface area contributed by atoms with Crippen molar-refractivity contribution in [3.63, 3.8) is 0 Å². The number of carbonyl (C=O) groups is 4. The van der Waals surface area contributed by atoms with Gasteiger partial charge in [-0.15, -0.1) is 0 Å². The van der Waals surface area contributed by atoms with E-state index < -0.39 is 35.1 Å². The molecule has 0 bridgehead atoms. The number of benzene rings is 4. The van der Waals surface area contributed by atoms with E-state index in [1.54, 1.807) is 80.6 Å². The van der Waals surface area contributed by atoms with Crippen LogP contribution in [-0.2, 0) is 20.7 Å². The van der Waals surface area contributed by atoms with Crippen molar-refractivity contribution in [1.29, 1.82) is 5.41 Å². The first-order valence-corrected chi connectivity index (χ1v) is 17.6. The van der Waals surface area contributed by atoms with E-state index in [1.807, 2.05) is 34.6 Å². The molecule has 0 atom stereocenters. The lowest BCUT2D eigenvalue weighted by Crippen LogP contribution is -2.40. The Hall–Kier alpha value is -6.23. The third-order valence-electron chi connectivity index (χ3n) is 7.75. The largest absolute Gasteiger partial charge is 0.488 e. The second kappa shape index (κ2) is 17.7. The zero-order valence-electron chi connectivity index (χ0n) is 32.2. The highest BCUT2D eigenvalue weighted by molar-refractivity contribution is 5.93. The summed E-state index contributed by atoms with van der Waals surface area (Å²) < 4.78 is 33.8. The van der Waals surface area contributed by atoms with E-state index >= 15 is 0 Å². The third-order valence-corrected chi connectivity index (χ3v) is 7.75. The van der Waals surface area contributed by atoms with E-state index in [0.717, 1.165) is 17.9 Å².